The van der Waals surface area contributed by atoms with Gasteiger partial charge in [-0.2, -0.15) is 0 Å². The molecule has 18 heavy (non-hydrogen) atoms. The third-order valence-corrected chi connectivity index (χ3v) is 3.94. The lowest BCUT2D eigenvalue weighted by Gasteiger charge is -2.41. The highest BCUT2D eigenvalue weighted by Gasteiger charge is 2.39. The summed E-state index contributed by atoms with van der Waals surface area (Å²) in [4.78, 5) is 15.7. The number of Topliss-reactive ketones (excluding diaryl/α,β-unsaturated/α-hetero) is 1. The van der Waals surface area contributed by atoms with Crippen LogP contribution >= 0.6 is 0 Å². The molecule has 0 heterocycles. The molecular weight excluding hydrogens is 228 g/mol. The van der Waals surface area contributed by atoms with Crippen LogP contribution in [0.25, 0.3) is 0 Å². The molecule has 1 aromatic carbocycles. The maximum absolute atomic E-state index is 11.3. The number of benzene rings is 1. The van der Waals surface area contributed by atoms with Crippen molar-refractivity contribution in [3.63, 3.8) is 0 Å². The zero-order chi connectivity index (χ0) is 14.0. The van der Waals surface area contributed by atoms with Crippen molar-refractivity contribution in [1.82, 2.24) is 0 Å². The third kappa shape index (κ3) is 2.79. The van der Waals surface area contributed by atoms with Crippen LogP contribution in [0, 0.1) is 5.41 Å². The van der Waals surface area contributed by atoms with Gasteiger partial charge in [-0.25, -0.2) is 4.89 Å². The number of hydrogen-bond donors (Lipinski definition) is 1. The van der Waals surface area contributed by atoms with E-state index in [-0.39, 0.29) is 23.2 Å². The molecule has 3 heteroatoms. The van der Waals surface area contributed by atoms with Crippen LogP contribution in [-0.4, -0.2) is 17.6 Å². The van der Waals surface area contributed by atoms with Crippen molar-refractivity contribution in [2.75, 3.05) is 6.61 Å². The van der Waals surface area contributed by atoms with Crippen molar-refractivity contribution in [3.8, 4) is 0 Å². The first kappa shape index (κ1) is 14.9. The highest BCUT2D eigenvalue weighted by Crippen LogP contribution is 2.41. The molecule has 1 atom stereocenters. The topological polar surface area (TPSA) is 46.5 Å². The fourth-order valence-electron chi connectivity index (χ4n) is 1.93. The van der Waals surface area contributed by atoms with Crippen LogP contribution in [-0.2, 0) is 10.3 Å². The molecule has 0 fully saturated rings. The van der Waals surface area contributed by atoms with Gasteiger partial charge >= 0.3 is 0 Å². The first-order chi connectivity index (χ1) is 8.22. The fraction of sp³-hybridized carbons (Fsp3) is 0.533. The molecule has 0 aliphatic rings. The fourth-order valence-corrected chi connectivity index (χ4v) is 1.93. The minimum absolute atomic E-state index is 0.0532. The summed E-state index contributed by atoms with van der Waals surface area (Å²) in [5, 5.41) is 8.82. The second kappa shape index (κ2) is 5.21. The molecule has 0 saturated heterocycles. The third-order valence-electron chi connectivity index (χ3n) is 3.94. The zero-order valence-corrected chi connectivity index (χ0v) is 11.8. The van der Waals surface area contributed by atoms with Gasteiger partial charge in [-0.3, -0.25) is 10.1 Å². The first-order valence-corrected chi connectivity index (χ1v) is 6.10. The second-order valence-corrected chi connectivity index (χ2v) is 5.99. The van der Waals surface area contributed by atoms with Crippen LogP contribution in [0.3, 0.4) is 0 Å². The molecule has 0 amide bonds. The molecule has 0 aliphatic carbocycles. The van der Waals surface area contributed by atoms with E-state index < -0.39 is 0 Å². The Morgan fingerprint density at radius 2 is 1.67 bits per heavy atom. The van der Waals surface area contributed by atoms with Gasteiger partial charge in [0.05, 0.1) is 6.61 Å². The average molecular weight is 250 g/mol. The van der Waals surface area contributed by atoms with Gasteiger partial charge < -0.3 is 0 Å². The molecule has 1 N–H and O–H groups in total. The van der Waals surface area contributed by atoms with Gasteiger partial charge in [0.1, 0.15) is 0 Å². The van der Waals surface area contributed by atoms with Crippen LogP contribution in [0.4, 0.5) is 0 Å². The Morgan fingerprint density at radius 3 is 2.00 bits per heavy atom. The highest BCUT2D eigenvalue weighted by molar-refractivity contribution is 5.94. The smallest absolute Gasteiger partial charge is 0.159 e. The van der Waals surface area contributed by atoms with Crippen LogP contribution < -0.4 is 0 Å². The summed E-state index contributed by atoms with van der Waals surface area (Å²) < 4.78 is 0. The van der Waals surface area contributed by atoms with Crippen molar-refractivity contribution in [3.05, 3.63) is 35.4 Å². The largest absolute Gasteiger partial charge is 0.295 e. The average Bonchev–Trinajstić information content (AvgIpc) is 2.28. The summed E-state index contributed by atoms with van der Waals surface area (Å²) >= 11 is 0. The van der Waals surface area contributed by atoms with Crippen molar-refractivity contribution < 1.29 is 14.9 Å². The first-order valence-electron chi connectivity index (χ1n) is 6.10. The Hall–Kier alpha value is -1.19. The molecule has 0 radical (unpaired) electrons. The Labute approximate surface area is 109 Å². The van der Waals surface area contributed by atoms with Gasteiger partial charge in [-0.15, -0.1) is 0 Å². The summed E-state index contributed by atoms with van der Waals surface area (Å²) in [6, 6.07) is 7.50. The van der Waals surface area contributed by atoms with Crippen LogP contribution in [0.15, 0.2) is 24.3 Å². The molecule has 0 saturated carbocycles. The number of carbonyl (C=O) groups is 1. The molecule has 0 aliphatic heterocycles. The van der Waals surface area contributed by atoms with Crippen LogP contribution in [0.5, 0.6) is 0 Å². The van der Waals surface area contributed by atoms with E-state index in [1.807, 2.05) is 31.2 Å². The molecular formula is C15H22O3. The monoisotopic (exact) mass is 250 g/mol. The lowest BCUT2D eigenvalue weighted by Crippen LogP contribution is -2.41. The minimum atomic E-state index is -0.322. The Morgan fingerprint density at radius 1 is 1.17 bits per heavy atom. The van der Waals surface area contributed by atoms with Gasteiger partial charge in [0.2, 0.25) is 0 Å². The highest BCUT2D eigenvalue weighted by atomic mass is 17.1. The number of hydrogen-bond acceptors (Lipinski definition) is 3. The molecule has 0 spiro atoms. The quantitative estimate of drug-likeness (QED) is 0.503. The van der Waals surface area contributed by atoms with Gasteiger partial charge in [0.25, 0.3) is 0 Å². The van der Waals surface area contributed by atoms with E-state index in [1.165, 1.54) is 0 Å². The molecule has 100 valence electrons. The van der Waals surface area contributed by atoms with Crippen molar-refractivity contribution in [2.24, 2.45) is 5.41 Å². The molecule has 1 rings (SSSR count). The standard InChI is InChI=1S/C15H22O3/c1-11(16)12-6-8-13(9-7-12)15(5,10-18-17)14(2,3)4/h6-9,17H,10H2,1-5H3. The molecule has 3 nitrogen and oxygen atoms in total. The second-order valence-electron chi connectivity index (χ2n) is 5.99. The summed E-state index contributed by atoms with van der Waals surface area (Å²) in [7, 11) is 0. The minimum Gasteiger partial charge on any atom is -0.295 e. The van der Waals surface area contributed by atoms with Crippen LogP contribution in [0.2, 0.25) is 0 Å². The van der Waals surface area contributed by atoms with E-state index in [4.69, 9.17) is 5.26 Å². The summed E-state index contributed by atoms with van der Waals surface area (Å²) in [5.74, 6) is 0.0532. The molecule has 1 aromatic rings. The normalized spacial score (nSPS) is 15.2. The predicted molar refractivity (Wildman–Crippen MR) is 71.8 cm³/mol. The zero-order valence-electron chi connectivity index (χ0n) is 11.8. The van der Waals surface area contributed by atoms with Gasteiger partial charge in [-0.05, 0) is 17.9 Å². The van der Waals surface area contributed by atoms with Gasteiger partial charge in [0, 0.05) is 11.0 Å². The summed E-state index contributed by atoms with van der Waals surface area (Å²) in [6.07, 6.45) is 0. The lowest BCUT2D eigenvalue weighted by atomic mass is 9.64. The number of ketones is 1. The van der Waals surface area contributed by atoms with E-state index >= 15 is 0 Å². The molecule has 0 bridgehead atoms. The molecule has 1 unspecified atom stereocenters. The van der Waals surface area contributed by atoms with E-state index in [1.54, 1.807) is 6.92 Å². The van der Waals surface area contributed by atoms with E-state index in [2.05, 4.69) is 25.7 Å². The predicted octanol–water partition coefficient (Wildman–Crippen LogP) is 3.68. The lowest BCUT2D eigenvalue weighted by molar-refractivity contribution is -0.259. The summed E-state index contributed by atoms with van der Waals surface area (Å²) in [5.41, 5.74) is 1.35. The SMILES string of the molecule is CC(=O)c1ccc(C(C)(COO)C(C)(C)C)cc1. The Balaban J connectivity index is 3.19. The Bertz CT molecular complexity index is 414. The van der Waals surface area contributed by atoms with Crippen molar-refractivity contribution >= 4 is 5.78 Å². The number of rotatable bonds is 4. The van der Waals surface area contributed by atoms with Crippen LogP contribution in [0.1, 0.15) is 50.5 Å². The number of carbonyl (C=O) groups excluding carboxylic acids is 1. The maximum atomic E-state index is 11.3. The van der Waals surface area contributed by atoms with E-state index in [0.29, 0.717) is 5.56 Å². The Kier molecular flexibility index (Phi) is 4.30. The van der Waals surface area contributed by atoms with E-state index in [9.17, 15) is 4.79 Å². The van der Waals surface area contributed by atoms with Gasteiger partial charge in [-0.1, -0.05) is 52.0 Å². The van der Waals surface area contributed by atoms with Crippen molar-refractivity contribution in [2.45, 2.75) is 40.0 Å². The summed E-state index contributed by atoms with van der Waals surface area (Å²) in [6.45, 7) is 10.1. The van der Waals surface area contributed by atoms with E-state index in [0.717, 1.165) is 5.56 Å². The molecule has 0 aromatic heterocycles. The maximum Gasteiger partial charge on any atom is 0.159 e. The van der Waals surface area contributed by atoms with Gasteiger partial charge in [0.15, 0.2) is 5.78 Å². The van der Waals surface area contributed by atoms with Crippen molar-refractivity contribution in [1.29, 1.82) is 0 Å².